The molecule has 4 rings (SSSR count). The van der Waals surface area contributed by atoms with E-state index in [2.05, 4.69) is 15.9 Å². The van der Waals surface area contributed by atoms with Gasteiger partial charge in [0, 0.05) is 15.6 Å². The molecular formula is C25H18BrF2NO4S. The number of carbonyl (C=O) groups is 2. The molecule has 1 aliphatic heterocycles. The molecule has 34 heavy (non-hydrogen) atoms. The Balaban J connectivity index is 1.45. The molecule has 0 saturated carbocycles. The first kappa shape index (κ1) is 24.0. The van der Waals surface area contributed by atoms with Crippen LogP contribution in [0.25, 0.3) is 6.08 Å². The fourth-order valence-electron chi connectivity index (χ4n) is 3.15. The van der Waals surface area contributed by atoms with Crippen LogP contribution in [0, 0.1) is 11.6 Å². The number of amides is 2. The normalized spacial score (nSPS) is 14.7. The molecule has 3 aromatic rings. The zero-order valence-corrected chi connectivity index (χ0v) is 20.1. The third kappa shape index (κ3) is 5.84. The third-order valence-electron chi connectivity index (χ3n) is 4.87. The maximum atomic E-state index is 13.9. The second-order valence-corrected chi connectivity index (χ2v) is 9.11. The van der Waals surface area contributed by atoms with Crippen molar-refractivity contribution >= 4 is 44.9 Å². The summed E-state index contributed by atoms with van der Waals surface area (Å²) in [5.74, 6) is -0.316. The van der Waals surface area contributed by atoms with Crippen LogP contribution in [0.15, 0.2) is 76.1 Å². The Bertz CT molecular complexity index is 1250. The van der Waals surface area contributed by atoms with Crippen molar-refractivity contribution in [1.29, 1.82) is 0 Å². The van der Waals surface area contributed by atoms with E-state index in [4.69, 9.17) is 9.47 Å². The lowest BCUT2D eigenvalue weighted by Crippen LogP contribution is -2.32. The van der Waals surface area contributed by atoms with Crippen molar-refractivity contribution in [2.75, 3.05) is 13.2 Å². The Kier molecular flexibility index (Phi) is 7.64. The first-order valence-corrected chi connectivity index (χ1v) is 11.8. The van der Waals surface area contributed by atoms with E-state index in [-0.39, 0.29) is 36.3 Å². The molecule has 0 aliphatic carbocycles. The van der Waals surface area contributed by atoms with E-state index in [0.29, 0.717) is 22.6 Å². The molecule has 3 aromatic carbocycles. The summed E-state index contributed by atoms with van der Waals surface area (Å²) < 4.78 is 39.0. The molecule has 0 aromatic heterocycles. The number of hydrogen-bond donors (Lipinski definition) is 0. The highest BCUT2D eigenvalue weighted by molar-refractivity contribution is 9.10. The molecule has 1 saturated heterocycles. The minimum atomic E-state index is -0.447. The molecule has 1 heterocycles. The van der Waals surface area contributed by atoms with Gasteiger partial charge in [-0.15, -0.1) is 0 Å². The Hall–Kier alpha value is -3.17. The number of halogens is 3. The lowest BCUT2D eigenvalue weighted by atomic mass is 10.1. The van der Waals surface area contributed by atoms with Crippen molar-refractivity contribution in [2.24, 2.45) is 0 Å². The van der Waals surface area contributed by atoms with E-state index in [9.17, 15) is 18.4 Å². The highest BCUT2D eigenvalue weighted by atomic mass is 79.9. The van der Waals surface area contributed by atoms with E-state index in [1.165, 1.54) is 30.3 Å². The highest BCUT2D eigenvalue weighted by Crippen LogP contribution is 2.35. The van der Waals surface area contributed by atoms with Crippen LogP contribution in [0.2, 0.25) is 0 Å². The molecule has 0 radical (unpaired) electrons. The molecule has 0 bridgehead atoms. The van der Waals surface area contributed by atoms with Gasteiger partial charge in [0.25, 0.3) is 11.1 Å². The average Bonchev–Trinajstić information content (AvgIpc) is 3.08. The van der Waals surface area contributed by atoms with Crippen LogP contribution in [0.5, 0.6) is 11.5 Å². The highest BCUT2D eigenvalue weighted by Gasteiger charge is 2.35. The largest absolute Gasteiger partial charge is 0.492 e. The Morgan fingerprint density at radius 1 is 0.971 bits per heavy atom. The lowest BCUT2D eigenvalue weighted by Gasteiger charge is -2.13. The zero-order chi connectivity index (χ0) is 24.1. The Morgan fingerprint density at radius 3 is 2.50 bits per heavy atom. The van der Waals surface area contributed by atoms with Gasteiger partial charge in [-0.1, -0.05) is 34.1 Å². The predicted octanol–water partition coefficient (Wildman–Crippen LogP) is 6.42. The Labute approximate surface area is 207 Å². The monoisotopic (exact) mass is 545 g/mol. The van der Waals surface area contributed by atoms with Gasteiger partial charge in [-0.2, -0.15) is 0 Å². The van der Waals surface area contributed by atoms with E-state index >= 15 is 0 Å². The number of ether oxygens (including phenoxy) is 2. The molecule has 0 N–H and O–H groups in total. The van der Waals surface area contributed by atoms with Gasteiger partial charge in [0.1, 0.15) is 36.3 Å². The Morgan fingerprint density at radius 2 is 1.74 bits per heavy atom. The number of benzene rings is 3. The van der Waals surface area contributed by atoms with Crippen LogP contribution in [0.4, 0.5) is 13.6 Å². The van der Waals surface area contributed by atoms with Gasteiger partial charge in [-0.05, 0) is 66.4 Å². The molecule has 1 aliphatic rings. The van der Waals surface area contributed by atoms with Crippen molar-refractivity contribution in [2.45, 2.75) is 6.61 Å². The SMILES string of the molecule is O=C1S/C(=C\c2cc(Br)ccc2OCc2ccccc2F)C(=O)N1CCOc1ccc(F)cc1. The topological polar surface area (TPSA) is 55.8 Å². The standard InChI is InChI=1S/C25H18BrF2NO4S/c26-18-5-10-22(33-15-16-3-1-2-4-21(16)28)17(13-18)14-23-24(30)29(25(31)34-23)11-12-32-20-8-6-19(27)7-9-20/h1-10,13-14H,11-12,15H2/b23-14-. The van der Waals surface area contributed by atoms with Gasteiger partial charge in [-0.3, -0.25) is 14.5 Å². The van der Waals surface area contributed by atoms with Crippen LogP contribution in [0.1, 0.15) is 11.1 Å². The second kappa shape index (κ2) is 10.8. The molecule has 1 fully saturated rings. The maximum Gasteiger partial charge on any atom is 0.293 e. The van der Waals surface area contributed by atoms with E-state index < -0.39 is 11.1 Å². The number of thioether (sulfide) groups is 1. The van der Waals surface area contributed by atoms with E-state index in [0.717, 1.165) is 21.1 Å². The predicted molar refractivity (Wildman–Crippen MR) is 129 cm³/mol. The average molecular weight is 546 g/mol. The first-order valence-electron chi connectivity index (χ1n) is 10.2. The van der Waals surface area contributed by atoms with Crippen LogP contribution in [0.3, 0.4) is 0 Å². The summed E-state index contributed by atoms with van der Waals surface area (Å²) >= 11 is 4.22. The van der Waals surface area contributed by atoms with Gasteiger partial charge < -0.3 is 9.47 Å². The van der Waals surface area contributed by atoms with Gasteiger partial charge in [-0.25, -0.2) is 8.78 Å². The fraction of sp³-hybridized carbons (Fsp3) is 0.120. The minimum absolute atomic E-state index is 0.0113. The number of nitrogens with zero attached hydrogens (tertiary/aromatic N) is 1. The summed E-state index contributed by atoms with van der Waals surface area (Å²) in [4.78, 5) is 26.6. The molecule has 0 spiro atoms. The minimum Gasteiger partial charge on any atom is -0.492 e. The summed E-state index contributed by atoms with van der Waals surface area (Å²) in [6.07, 6.45) is 1.58. The molecule has 0 atom stereocenters. The van der Waals surface area contributed by atoms with Crippen LogP contribution in [-0.2, 0) is 11.4 Å². The molecule has 0 unspecified atom stereocenters. The van der Waals surface area contributed by atoms with Crippen LogP contribution < -0.4 is 9.47 Å². The van der Waals surface area contributed by atoms with Gasteiger partial charge in [0.05, 0.1) is 11.4 Å². The molecular weight excluding hydrogens is 528 g/mol. The third-order valence-corrected chi connectivity index (χ3v) is 6.27. The smallest absolute Gasteiger partial charge is 0.293 e. The number of hydrogen-bond acceptors (Lipinski definition) is 5. The maximum absolute atomic E-state index is 13.9. The lowest BCUT2D eigenvalue weighted by molar-refractivity contribution is -0.123. The van der Waals surface area contributed by atoms with E-state index in [1.807, 2.05) is 0 Å². The summed E-state index contributed by atoms with van der Waals surface area (Å²) in [5, 5.41) is -0.414. The quantitative estimate of drug-likeness (QED) is 0.305. The van der Waals surface area contributed by atoms with Crippen LogP contribution >= 0.6 is 27.7 Å². The number of rotatable bonds is 8. The molecule has 174 valence electrons. The van der Waals surface area contributed by atoms with Crippen molar-refractivity contribution < 1.29 is 27.8 Å². The van der Waals surface area contributed by atoms with Crippen molar-refractivity contribution in [1.82, 2.24) is 4.90 Å². The van der Waals surface area contributed by atoms with Gasteiger partial charge >= 0.3 is 0 Å². The number of imide groups is 1. The van der Waals surface area contributed by atoms with Gasteiger partial charge in [0.2, 0.25) is 0 Å². The van der Waals surface area contributed by atoms with Gasteiger partial charge in [0.15, 0.2) is 0 Å². The fourth-order valence-corrected chi connectivity index (χ4v) is 4.39. The summed E-state index contributed by atoms with van der Waals surface area (Å²) in [6, 6.07) is 17.0. The van der Waals surface area contributed by atoms with Crippen molar-refractivity contribution in [3.63, 3.8) is 0 Å². The molecule has 9 heteroatoms. The molecule has 2 amide bonds. The van der Waals surface area contributed by atoms with E-state index in [1.54, 1.807) is 42.5 Å². The summed E-state index contributed by atoms with van der Waals surface area (Å²) in [5.41, 5.74) is 0.969. The summed E-state index contributed by atoms with van der Waals surface area (Å²) in [7, 11) is 0. The summed E-state index contributed by atoms with van der Waals surface area (Å²) in [6.45, 7) is 0.136. The second-order valence-electron chi connectivity index (χ2n) is 7.20. The van der Waals surface area contributed by atoms with Crippen LogP contribution in [-0.4, -0.2) is 29.2 Å². The van der Waals surface area contributed by atoms with Crippen molar-refractivity contribution in [3.8, 4) is 11.5 Å². The number of carbonyl (C=O) groups excluding carboxylic acids is 2. The first-order chi connectivity index (χ1) is 16.4. The van der Waals surface area contributed by atoms with Crippen molar-refractivity contribution in [3.05, 3.63) is 98.9 Å². The zero-order valence-electron chi connectivity index (χ0n) is 17.7. The molecule has 5 nitrogen and oxygen atoms in total.